The van der Waals surface area contributed by atoms with Crippen molar-refractivity contribution in [2.24, 2.45) is 5.92 Å². The SMILES string of the molecule is O=Cc1ccc(CC2C(=O)Nc3ccccc3NC2=O)cc1. The first-order valence-corrected chi connectivity index (χ1v) is 6.92. The van der Waals surface area contributed by atoms with Gasteiger partial charge >= 0.3 is 0 Å². The summed E-state index contributed by atoms with van der Waals surface area (Å²) in [5.41, 5.74) is 2.58. The van der Waals surface area contributed by atoms with Gasteiger partial charge in [0, 0.05) is 5.56 Å². The second kappa shape index (κ2) is 5.81. The number of hydrogen-bond acceptors (Lipinski definition) is 3. The van der Waals surface area contributed by atoms with E-state index in [2.05, 4.69) is 10.6 Å². The molecule has 0 spiro atoms. The molecule has 2 aromatic carbocycles. The average molecular weight is 294 g/mol. The minimum absolute atomic E-state index is 0.283. The predicted octanol–water partition coefficient (Wildman–Crippen LogP) is 2.25. The third kappa shape index (κ3) is 2.74. The number of amides is 2. The summed E-state index contributed by atoms with van der Waals surface area (Å²) < 4.78 is 0. The van der Waals surface area contributed by atoms with Gasteiger partial charge in [-0.2, -0.15) is 0 Å². The van der Waals surface area contributed by atoms with Gasteiger partial charge in [0.15, 0.2) is 0 Å². The molecule has 2 aromatic rings. The number of anilines is 2. The molecule has 1 aliphatic rings. The molecule has 0 fully saturated rings. The maximum absolute atomic E-state index is 12.3. The van der Waals surface area contributed by atoms with Gasteiger partial charge in [-0.15, -0.1) is 0 Å². The fourth-order valence-corrected chi connectivity index (χ4v) is 2.41. The first-order valence-electron chi connectivity index (χ1n) is 6.92. The van der Waals surface area contributed by atoms with Gasteiger partial charge in [0.25, 0.3) is 0 Å². The van der Waals surface area contributed by atoms with Crippen LogP contribution in [-0.2, 0) is 16.0 Å². The van der Waals surface area contributed by atoms with Crippen LogP contribution < -0.4 is 10.6 Å². The lowest BCUT2D eigenvalue weighted by Crippen LogP contribution is -2.32. The minimum atomic E-state index is -0.811. The fourth-order valence-electron chi connectivity index (χ4n) is 2.41. The molecule has 0 unspecified atom stereocenters. The summed E-state index contributed by atoms with van der Waals surface area (Å²) in [7, 11) is 0. The highest BCUT2D eigenvalue weighted by molar-refractivity contribution is 6.15. The van der Waals surface area contributed by atoms with Crippen LogP contribution in [-0.4, -0.2) is 18.1 Å². The zero-order valence-corrected chi connectivity index (χ0v) is 11.7. The third-order valence-corrected chi connectivity index (χ3v) is 3.63. The Morgan fingerprint density at radius 3 is 1.91 bits per heavy atom. The molecule has 110 valence electrons. The zero-order valence-electron chi connectivity index (χ0n) is 11.7. The van der Waals surface area contributed by atoms with Crippen molar-refractivity contribution in [3.8, 4) is 0 Å². The van der Waals surface area contributed by atoms with Gasteiger partial charge in [0.2, 0.25) is 11.8 Å². The molecule has 0 bridgehead atoms. The topological polar surface area (TPSA) is 75.3 Å². The Kier molecular flexibility index (Phi) is 3.70. The van der Waals surface area contributed by atoms with Crippen molar-refractivity contribution < 1.29 is 14.4 Å². The minimum Gasteiger partial charge on any atom is -0.324 e. The number of fused-ring (bicyclic) bond motifs is 1. The molecule has 3 rings (SSSR count). The summed E-state index contributed by atoms with van der Waals surface area (Å²) in [6.45, 7) is 0. The number of carbonyl (C=O) groups is 3. The molecule has 5 nitrogen and oxygen atoms in total. The van der Waals surface area contributed by atoms with Gasteiger partial charge in [-0.05, 0) is 24.1 Å². The lowest BCUT2D eigenvalue weighted by Gasteiger charge is -2.12. The molecular formula is C17H14N2O3. The predicted molar refractivity (Wildman–Crippen MR) is 82.7 cm³/mol. The van der Waals surface area contributed by atoms with Gasteiger partial charge in [-0.3, -0.25) is 14.4 Å². The van der Waals surface area contributed by atoms with Crippen LogP contribution in [0.15, 0.2) is 48.5 Å². The van der Waals surface area contributed by atoms with Crippen molar-refractivity contribution in [2.75, 3.05) is 10.6 Å². The second-order valence-electron chi connectivity index (χ2n) is 5.14. The smallest absolute Gasteiger partial charge is 0.237 e. The summed E-state index contributed by atoms with van der Waals surface area (Å²) in [5, 5.41) is 5.53. The van der Waals surface area contributed by atoms with E-state index in [1.807, 2.05) is 0 Å². The van der Waals surface area contributed by atoms with Gasteiger partial charge in [-0.25, -0.2) is 0 Å². The van der Waals surface area contributed by atoms with E-state index in [4.69, 9.17) is 0 Å². The van der Waals surface area contributed by atoms with E-state index < -0.39 is 5.92 Å². The van der Waals surface area contributed by atoms with Crippen LogP contribution in [0.2, 0.25) is 0 Å². The number of benzene rings is 2. The summed E-state index contributed by atoms with van der Waals surface area (Å²) in [6, 6.07) is 13.9. The molecule has 2 amide bonds. The third-order valence-electron chi connectivity index (χ3n) is 3.63. The average Bonchev–Trinajstić information content (AvgIpc) is 2.65. The molecule has 0 atom stereocenters. The first-order chi connectivity index (χ1) is 10.7. The van der Waals surface area contributed by atoms with Crippen LogP contribution in [0.3, 0.4) is 0 Å². The second-order valence-corrected chi connectivity index (χ2v) is 5.14. The van der Waals surface area contributed by atoms with E-state index in [1.165, 1.54) is 0 Å². The number of aldehydes is 1. The van der Waals surface area contributed by atoms with Crippen molar-refractivity contribution in [2.45, 2.75) is 6.42 Å². The summed E-state index contributed by atoms with van der Waals surface area (Å²) in [6.07, 6.45) is 1.04. The maximum Gasteiger partial charge on any atom is 0.237 e. The summed E-state index contributed by atoms with van der Waals surface area (Å²) in [4.78, 5) is 35.2. The van der Waals surface area contributed by atoms with Crippen molar-refractivity contribution in [1.29, 1.82) is 0 Å². The monoisotopic (exact) mass is 294 g/mol. The Balaban J connectivity index is 1.83. The molecule has 0 saturated carbocycles. The number of para-hydroxylation sites is 2. The normalized spacial score (nSPS) is 14.5. The van der Waals surface area contributed by atoms with E-state index in [1.54, 1.807) is 48.5 Å². The Hall–Kier alpha value is -2.95. The molecule has 0 saturated heterocycles. The van der Waals surface area contributed by atoms with E-state index in [0.29, 0.717) is 16.9 Å². The highest BCUT2D eigenvalue weighted by Gasteiger charge is 2.30. The first kappa shape index (κ1) is 14.0. The quantitative estimate of drug-likeness (QED) is 0.673. The Morgan fingerprint density at radius 2 is 1.41 bits per heavy atom. The Morgan fingerprint density at radius 1 is 0.864 bits per heavy atom. The van der Waals surface area contributed by atoms with Gasteiger partial charge in [-0.1, -0.05) is 36.4 Å². The molecule has 22 heavy (non-hydrogen) atoms. The molecule has 2 N–H and O–H groups in total. The number of rotatable bonds is 3. The van der Waals surface area contributed by atoms with E-state index in [9.17, 15) is 14.4 Å². The highest BCUT2D eigenvalue weighted by Crippen LogP contribution is 2.26. The van der Waals surface area contributed by atoms with Crippen molar-refractivity contribution in [3.05, 3.63) is 59.7 Å². The fraction of sp³-hybridized carbons (Fsp3) is 0.118. The van der Waals surface area contributed by atoms with Gasteiger partial charge in [0.05, 0.1) is 11.4 Å². The van der Waals surface area contributed by atoms with Crippen molar-refractivity contribution in [3.63, 3.8) is 0 Å². The van der Waals surface area contributed by atoms with Crippen LogP contribution in [0.1, 0.15) is 15.9 Å². The Labute approximate surface area is 127 Å². The lowest BCUT2D eigenvalue weighted by molar-refractivity contribution is -0.129. The molecule has 5 heteroatoms. The molecule has 0 radical (unpaired) electrons. The van der Waals surface area contributed by atoms with Crippen LogP contribution in [0.25, 0.3) is 0 Å². The van der Waals surface area contributed by atoms with Gasteiger partial charge in [0.1, 0.15) is 12.2 Å². The standard InChI is InChI=1S/C17H14N2O3/c20-10-12-7-5-11(6-8-12)9-13-16(21)18-14-3-1-2-4-15(14)19-17(13)22/h1-8,10,13H,9H2,(H,18,21)(H,19,22). The molecule has 1 aliphatic heterocycles. The summed E-state index contributed by atoms with van der Waals surface area (Å²) in [5.74, 6) is -1.47. The van der Waals surface area contributed by atoms with Crippen LogP contribution >= 0.6 is 0 Å². The number of nitrogens with one attached hydrogen (secondary N) is 2. The van der Waals surface area contributed by atoms with Crippen LogP contribution in [0.5, 0.6) is 0 Å². The number of carbonyl (C=O) groups excluding carboxylic acids is 3. The number of hydrogen-bond donors (Lipinski definition) is 2. The van der Waals surface area contributed by atoms with Crippen LogP contribution in [0.4, 0.5) is 11.4 Å². The van der Waals surface area contributed by atoms with Crippen LogP contribution in [0, 0.1) is 5.92 Å². The molecule has 1 heterocycles. The maximum atomic E-state index is 12.3. The molecule has 0 aliphatic carbocycles. The van der Waals surface area contributed by atoms with E-state index in [-0.39, 0.29) is 18.2 Å². The summed E-state index contributed by atoms with van der Waals surface area (Å²) >= 11 is 0. The van der Waals surface area contributed by atoms with Crippen molar-refractivity contribution in [1.82, 2.24) is 0 Å². The van der Waals surface area contributed by atoms with Crippen molar-refractivity contribution >= 4 is 29.5 Å². The van der Waals surface area contributed by atoms with E-state index >= 15 is 0 Å². The largest absolute Gasteiger partial charge is 0.324 e. The Bertz CT molecular complexity index is 701. The van der Waals surface area contributed by atoms with Gasteiger partial charge < -0.3 is 10.6 Å². The zero-order chi connectivity index (χ0) is 15.5. The lowest BCUT2D eigenvalue weighted by atomic mass is 9.97. The molecule has 0 aromatic heterocycles. The highest BCUT2D eigenvalue weighted by atomic mass is 16.2. The molecular weight excluding hydrogens is 280 g/mol. The van der Waals surface area contributed by atoms with E-state index in [0.717, 1.165) is 11.8 Å².